The second-order valence-electron chi connectivity index (χ2n) is 3.68. The van der Waals surface area contributed by atoms with Crippen molar-refractivity contribution in [1.29, 1.82) is 0 Å². The zero-order valence-corrected chi connectivity index (χ0v) is 11.4. The summed E-state index contributed by atoms with van der Waals surface area (Å²) in [6.45, 7) is 1.44. The number of nitrogens with one attached hydrogen (secondary N) is 2. The molecule has 4 nitrogen and oxygen atoms in total. The van der Waals surface area contributed by atoms with E-state index >= 15 is 0 Å². The molecule has 1 atom stereocenters. The molecule has 0 saturated carbocycles. The van der Waals surface area contributed by atoms with E-state index in [0.29, 0.717) is 0 Å². The van der Waals surface area contributed by atoms with E-state index in [1.807, 2.05) is 24.3 Å². The second-order valence-corrected chi connectivity index (χ2v) is 4.60. The van der Waals surface area contributed by atoms with E-state index in [9.17, 15) is 9.59 Å². The fourth-order valence-electron chi connectivity index (χ4n) is 1.48. The smallest absolute Gasteiger partial charge is 0.222 e. The Morgan fingerprint density at radius 3 is 2.35 bits per heavy atom. The Bertz CT molecular complexity index is 403. The summed E-state index contributed by atoms with van der Waals surface area (Å²) in [4.78, 5) is 22.5. The van der Waals surface area contributed by atoms with Crippen molar-refractivity contribution in [3.63, 3.8) is 0 Å². The molecule has 0 aliphatic rings. The van der Waals surface area contributed by atoms with Crippen LogP contribution in [0.4, 0.5) is 0 Å². The highest BCUT2D eigenvalue weighted by Crippen LogP contribution is 2.19. The zero-order chi connectivity index (χ0) is 12.8. The van der Waals surface area contributed by atoms with E-state index in [1.54, 1.807) is 7.05 Å². The Hall–Kier alpha value is -1.36. The third kappa shape index (κ3) is 4.56. The van der Waals surface area contributed by atoms with Crippen LogP contribution < -0.4 is 10.6 Å². The molecule has 0 fully saturated rings. The number of halogens is 1. The molecule has 0 bridgehead atoms. The first-order valence-corrected chi connectivity index (χ1v) is 6.05. The molecule has 1 aromatic carbocycles. The molecule has 2 N–H and O–H groups in total. The summed E-state index contributed by atoms with van der Waals surface area (Å²) in [6, 6.07) is 7.24. The summed E-state index contributed by atoms with van der Waals surface area (Å²) in [6.07, 6.45) is 0.234. The lowest BCUT2D eigenvalue weighted by Gasteiger charge is -2.17. The number of rotatable bonds is 4. The molecule has 0 unspecified atom stereocenters. The van der Waals surface area contributed by atoms with Crippen molar-refractivity contribution in [2.75, 3.05) is 7.05 Å². The van der Waals surface area contributed by atoms with Gasteiger partial charge in [-0.15, -0.1) is 0 Å². The fourth-order valence-corrected chi connectivity index (χ4v) is 1.74. The quantitative estimate of drug-likeness (QED) is 0.890. The van der Waals surface area contributed by atoms with E-state index in [2.05, 4.69) is 26.6 Å². The first-order valence-electron chi connectivity index (χ1n) is 5.26. The van der Waals surface area contributed by atoms with Crippen LogP contribution >= 0.6 is 15.9 Å². The van der Waals surface area contributed by atoms with Crippen molar-refractivity contribution >= 4 is 27.7 Å². The van der Waals surface area contributed by atoms with Gasteiger partial charge in [-0.25, -0.2) is 0 Å². The molecular weight excluding hydrogens is 284 g/mol. The zero-order valence-electron chi connectivity index (χ0n) is 9.79. The predicted octanol–water partition coefficient (Wildman–Crippen LogP) is 1.76. The monoisotopic (exact) mass is 298 g/mol. The van der Waals surface area contributed by atoms with Crippen LogP contribution in [-0.4, -0.2) is 18.9 Å². The lowest BCUT2D eigenvalue weighted by Crippen LogP contribution is -2.31. The number of amides is 2. The molecule has 0 aromatic heterocycles. The SMILES string of the molecule is CNC(=O)C[C@@H](NC(C)=O)c1ccc(Br)cc1. The normalized spacial score (nSPS) is 11.7. The number of carbonyl (C=O) groups excluding carboxylic acids is 2. The van der Waals surface area contributed by atoms with Crippen LogP contribution in [0.25, 0.3) is 0 Å². The van der Waals surface area contributed by atoms with Gasteiger partial charge < -0.3 is 10.6 Å². The first-order chi connectivity index (χ1) is 8.02. The van der Waals surface area contributed by atoms with Gasteiger partial charge in [0.1, 0.15) is 0 Å². The van der Waals surface area contributed by atoms with Gasteiger partial charge in [-0.1, -0.05) is 28.1 Å². The van der Waals surface area contributed by atoms with Gasteiger partial charge in [0.25, 0.3) is 0 Å². The lowest BCUT2D eigenvalue weighted by molar-refractivity contribution is -0.122. The van der Waals surface area contributed by atoms with Gasteiger partial charge in [0, 0.05) is 18.4 Å². The number of carbonyl (C=O) groups is 2. The van der Waals surface area contributed by atoms with E-state index < -0.39 is 0 Å². The first kappa shape index (κ1) is 13.7. The molecule has 0 radical (unpaired) electrons. The average molecular weight is 299 g/mol. The molecule has 0 saturated heterocycles. The van der Waals surface area contributed by atoms with Gasteiger partial charge in [-0.3, -0.25) is 9.59 Å². The molecule has 5 heteroatoms. The van der Waals surface area contributed by atoms with Gasteiger partial charge in [0.15, 0.2) is 0 Å². The maximum Gasteiger partial charge on any atom is 0.222 e. The highest BCUT2D eigenvalue weighted by Gasteiger charge is 2.16. The maximum atomic E-state index is 11.4. The van der Waals surface area contributed by atoms with Crippen LogP contribution in [0.1, 0.15) is 24.9 Å². The van der Waals surface area contributed by atoms with Crippen LogP contribution in [0.15, 0.2) is 28.7 Å². The number of benzene rings is 1. The lowest BCUT2D eigenvalue weighted by atomic mass is 10.0. The molecule has 0 spiro atoms. The number of hydrogen-bond acceptors (Lipinski definition) is 2. The maximum absolute atomic E-state index is 11.4. The van der Waals surface area contributed by atoms with Crippen molar-refractivity contribution in [2.45, 2.75) is 19.4 Å². The summed E-state index contributed by atoms with van der Waals surface area (Å²) in [5.41, 5.74) is 0.909. The summed E-state index contributed by atoms with van der Waals surface area (Å²) in [5, 5.41) is 5.32. The van der Waals surface area contributed by atoms with Gasteiger partial charge in [-0.05, 0) is 17.7 Å². The summed E-state index contributed by atoms with van der Waals surface area (Å²) >= 11 is 3.34. The molecule has 2 amide bonds. The Morgan fingerprint density at radius 2 is 1.88 bits per heavy atom. The molecule has 1 rings (SSSR count). The second kappa shape index (κ2) is 6.39. The minimum atomic E-state index is -0.291. The standard InChI is InChI=1S/C12H15BrN2O2/c1-8(16)15-11(7-12(17)14-2)9-3-5-10(13)6-4-9/h3-6,11H,7H2,1-2H3,(H,14,17)(H,15,16)/t11-/m1/s1. The molecule has 1 aromatic rings. The van der Waals surface area contributed by atoms with Crippen LogP contribution in [0, 0.1) is 0 Å². The summed E-state index contributed by atoms with van der Waals surface area (Å²) < 4.78 is 0.961. The van der Waals surface area contributed by atoms with E-state index in [0.717, 1.165) is 10.0 Å². The molecule has 0 aliphatic heterocycles. The van der Waals surface area contributed by atoms with E-state index in [-0.39, 0.29) is 24.3 Å². The third-order valence-corrected chi connectivity index (χ3v) is 2.85. The molecule has 92 valence electrons. The average Bonchev–Trinajstić information content (AvgIpc) is 2.28. The highest BCUT2D eigenvalue weighted by molar-refractivity contribution is 9.10. The van der Waals surface area contributed by atoms with Crippen molar-refractivity contribution in [2.24, 2.45) is 0 Å². The molecule has 0 aliphatic carbocycles. The highest BCUT2D eigenvalue weighted by atomic mass is 79.9. The largest absolute Gasteiger partial charge is 0.359 e. The van der Waals surface area contributed by atoms with Gasteiger partial charge >= 0.3 is 0 Å². The minimum absolute atomic E-state index is 0.105. The molecular formula is C12H15BrN2O2. The van der Waals surface area contributed by atoms with Crippen LogP contribution in [0.5, 0.6) is 0 Å². The molecule has 0 heterocycles. The Labute approximate surface area is 109 Å². The number of hydrogen-bond donors (Lipinski definition) is 2. The van der Waals surface area contributed by atoms with Gasteiger partial charge in [-0.2, -0.15) is 0 Å². The van der Waals surface area contributed by atoms with E-state index in [4.69, 9.17) is 0 Å². The minimum Gasteiger partial charge on any atom is -0.359 e. The van der Waals surface area contributed by atoms with Crippen molar-refractivity contribution in [3.05, 3.63) is 34.3 Å². The Kier molecular flexibility index (Phi) is 5.15. The Balaban J connectivity index is 2.85. The molecule has 17 heavy (non-hydrogen) atoms. The van der Waals surface area contributed by atoms with E-state index in [1.165, 1.54) is 6.92 Å². The van der Waals surface area contributed by atoms with Crippen molar-refractivity contribution in [3.8, 4) is 0 Å². The van der Waals surface area contributed by atoms with Crippen LogP contribution in [0.3, 0.4) is 0 Å². The summed E-state index contributed by atoms with van der Waals surface area (Å²) in [7, 11) is 1.58. The third-order valence-electron chi connectivity index (χ3n) is 2.32. The van der Waals surface area contributed by atoms with Crippen LogP contribution in [0.2, 0.25) is 0 Å². The Morgan fingerprint density at radius 1 is 1.29 bits per heavy atom. The predicted molar refractivity (Wildman–Crippen MR) is 69.4 cm³/mol. The van der Waals surface area contributed by atoms with Gasteiger partial charge in [0.05, 0.1) is 12.5 Å². The summed E-state index contributed by atoms with van der Waals surface area (Å²) in [5.74, 6) is -0.256. The van der Waals surface area contributed by atoms with Crippen molar-refractivity contribution < 1.29 is 9.59 Å². The van der Waals surface area contributed by atoms with Crippen LogP contribution in [-0.2, 0) is 9.59 Å². The topological polar surface area (TPSA) is 58.2 Å². The van der Waals surface area contributed by atoms with Crippen molar-refractivity contribution in [1.82, 2.24) is 10.6 Å². The van der Waals surface area contributed by atoms with Gasteiger partial charge in [0.2, 0.25) is 11.8 Å². The fraction of sp³-hybridized carbons (Fsp3) is 0.333.